The highest BCUT2D eigenvalue weighted by atomic mass is 32.1. The van der Waals surface area contributed by atoms with Gasteiger partial charge >= 0.3 is 0 Å². The summed E-state index contributed by atoms with van der Waals surface area (Å²) in [6.07, 6.45) is 0. The van der Waals surface area contributed by atoms with E-state index >= 15 is 0 Å². The van der Waals surface area contributed by atoms with Crippen molar-refractivity contribution in [2.75, 3.05) is 0 Å². The molecule has 0 spiro atoms. The highest BCUT2D eigenvalue weighted by Crippen LogP contribution is 2.42. The van der Waals surface area contributed by atoms with E-state index in [9.17, 15) is 0 Å². The molecule has 7 nitrogen and oxygen atoms in total. The molecule has 4 aromatic heterocycles. The standard InChI is InChI=1S/C54H32N6OS/c1-4-14-34(15-5-1)49-55-50(35-16-6-2-7-17-35)59-54(58-49)42-22-13-25-45-48(42)40-31-30-38(32-46(40)62-45)33-26-28-37(29-27-33)52-56-51(36-18-8-3-9-19-36)57-53(60-52)41-21-12-24-44-47(41)39-20-10-11-23-43(39)61-44/h1-32H. The molecule has 0 radical (unpaired) electrons. The van der Waals surface area contributed by atoms with Crippen molar-refractivity contribution in [3.8, 4) is 79.5 Å². The summed E-state index contributed by atoms with van der Waals surface area (Å²) in [5.41, 5.74) is 9.42. The number of rotatable bonds is 7. The zero-order chi connectivity index (χ0) is 41.0. The van der Waals surface area contributed by atoms with E-state index in [-0.39, 0.29) is 0 Å². The van der Waals surface area contributed by atoms with Gasteiger partial charge in [0.2, 0.25) is 0 Å². The average Bonchev–Trinajstić information content (AvgIpc) is 3.93. The lowest BCUT2D eigenvalue weighted by Crippen LogP contribution is -2.00. The van der Waals surface area contributed by atoms with E-state index in [1.807, 2.05) is 121 Å². The molecule has 0 amide bonds. The maximum absolute atomic E-state index is 6.23. The highest BCUT2D eigenvalue weighted by Gasteiger charge is 2.20. The molecule has 12 aromatic rings. The van der Waals surface area contributed by atoms with E-state index in [1.54, 1.807) is 11.3 Å². The van der Waals surface area contributed by atoms with Gasteiger partial charge in [-0.3, -0.25) is 0 Å². The Morgan fingerprint density at radius 1 is 0.290 bits per heavy atom. The topological polar surface area (TPSA) is 90.5 Å². The summed E-state index contributed by atoms with van der Waals surface area (Å²) in [5, 5.41) is 4.31. The third-order valence-electron chi connectivity index (χ3n) is 11.2. The zero-order valence-electron chi connectivity index (χ0n) is 33.0. The Labute approximate surface area is 359 Å². The van der Waals surface area contributed by atoms with Crippen LogP contribution in [0.1, 0.15) is 0 Å². The molecule has 0 unspecified atom stereocenters. The molecule has 0 N–H and O–H groups in total. The van der Waals surface area contributed by atoms with Gasteiger partial charge in [0.1, 0.15) is 11.2 Å². The van der Waals surface area contributed by atoms with E-state index in [4.69, 9.17) is 34.3 Å². The van der Waals surface area contributed by atoms with Crippen LogP contribution >= 0.6 is 11.3 Å². The molecular weight excluding hydrogens is 781 g/mol. The van der Waals surface area contributed by atoms with Gasteiger partial charge in [-0.2, -0.15) is 0 Å². The Bertz CT molecular complexity index is 3570. The lowest BCUT2D eigenvalue weighted by Gasteiger charge is -2.10. The van der Waals surface area contributed by atoms with Crippen LogP contribution in [0.25, 0.3) is 122 Å². The van der Waals surface area contributed by atoms with Crippen LogP contribution in [0.5, 0.6) is 0 Å². The molecule has 0 saturated carbocycles. The average molecular weight is 813 g/mol. The fourth-order valence-electron chi connectivity index (χ4n) is 8.24. The van der Waals surface area contributed by atoms with Crippen molar-refractivity contribution in [1.29, 1.82) is 0 Å². The Kier molecular flexibility index (Phi) is 8.53. The first-order chi connectivity index (χ1) is 30.7. The first kappa shape index (κ1) is 35.7. The molecule has 8 aromatic carbocycles. The summed E-state index contributed by atoms with van der Waals surface area (Å²) in [5.74, 6) is 3.74. The van der Waals surface area contributed by atoms with Crippen LogP contribution in [0.3, 0.4) is 0 Å². The van der Waals surface area contributed by atoms with Crippen LogP contribution in [0, 0.1) is 0 Å². The van der Waals surface area contributed by atoms with Crippen LogP contribution in [-0.4, -0.2) is 29.9 Å². The Balaban J connectivity index is 0.932. The molecular formula is C54H32N6OS. The normalized spacial score (nSPS) is 11.5. The SMILES string of the molecule is c1ccc(-c2nc(-c3ccc(-c4ccc5c(c4)sc4cccc(-c6nc(-c7ccccc7)nc(-c7ccccc7)n6)c45)cc3)nc(-c3cccc4oc5ccccc5c34)n2)cc1. The summed E-state index contributed by atoms with van der Waals surface area (Å²) in [7, 11) is 0. The van der Waals surface area contributed by atoms with Crippen molar-refractivity contribution in [3.05, 3.63) is 194 Å². The lowest BCUT2D eigenvalue weighted by molar-refractivity contribution is 0.669. The van der Waals surface area contributed by atoms with Gasteiger partial charge in [0.15, 0.2) is 34.9 Å². The second-order valence-corrected chi connectivity index (χ2v) is 16.1. The molecule has 0 bridgehead atoms. The van der Waals surface area contributed by atoms with Crippen molar-refractivity contribution < 1.29 is 4.42 Å². The summed E-state index contributed by atoms with van der Waals surface area (Å²) >= 11 is 1.78. The smallest absolute Gasteiger partial charge is 0.164 e. The van der Waals surface area contributed by atoms with Crippen LogP contribution in [-0.2, 0) is 0 Å². The van der Waals surface area contributed by atoms with Gasteiger partial charge in [-0.15, -0.1) is 11.3 Å². The Morgan fingerprint density at radius 2 is 0.742 bits per heavy atom. The molecule has 12 rings (SSSR count). The van der Waals surface area contributed by atoms with Crippen LogP contribution in [0.4, 0.5) is 0 Å². The first-order valence-electron chi connectivity index (χ1n) is 20.4. The maximum Gasteiger partial charge on any atom is 0.164 e. The highest BCUT2D eigenvalue weighted by molar-refractivity contribution is 7.26. The van der Waals surface area contributed by atoms with Crippen molar-refractivity contribution >= 4 is 53.4 Å². The Morgan fingerprint density at radius 3 is 1.34 bits per heavy atom. The number of hydrogen-bond donors (Lipinski definition) is 0. The predicted octanol–water partition coefficient (Wildman–Crippen LogP) is 14.0. The second kappa shape index (κ2) is 14.8. The summed E-state index contributed by atoms with van der Waals surface area (Å²) in [6, 6.07) is 66.0. The van der Waals surface area contributed by atoms with E-state index in [0.717, 1.165) is 77.2 Å². The molecule has 0 fully saturated rings. The molecule has 0 atom stereocenters. The molecule has 0 aliphatic rings. The number of nitrogens with zero attached hydrogens (tertiary/aromatic N) is 6. The van der Waals surface area contributed by atoms with Gasteiger partial charge < -0.3 is 4.42 Å². The lowest BCUT2D eigenvalue weighted by atomic mass is 10.0. The number of para-hydroxylation sites is 1. The molecule has 0 aliphatic carbocycles. The van der Waals surface area contributed by atoms with Gasteiger partial charge in [-0.1, -0.05) is 170 Å². The van der Waals surface area contributed by atoms with E-state index in [1.165, 1.54) is 9.40 Å². The first-order valence-corrected chi connectivity index (χ1v) is 21.2. The molecule has 62 heavy (non-hydrogen) atoms. The number of aromatic nitrogens is 6. The summed E-state index contributed by atoms with van der Waals surface area (Å²) in [4.78, 5) is 30.2. The summed E-state index contributed by atoms with van der Waals surface area (Å²) < 4.78 is 8.59. The van der Waals surface area contributed by atoms with Gasteiger partial charge in [0.25, 0.3) is 0 Å². The molecule has 0 saturated heterocycles. The number of hydrogen-bond acceptors (Lipinski definition) is 8. The minimum absolute atomic E-state index is 0.592. The number of benzene rings is 8. The molecule has 8 heteroatoms. The van der Waals surface area contributed by atoms with Gasteiger partial charge in [0.05, 0.1) is 0 Å². The summed E-state index contributed by atoms with van der Waals surface area (Å²) in [6.45, 7) is 0. The molecule has 0 aliphatic heterocycles. The zero-order valence-corrected chi connectivity index (χ0v) is 33.8. The molecule has 290 valence electrons. The third-order valence-corrected chi connectivity index (χ3v) is 12.3. The maximum atomic E-state index is 6.23. The van der Waals surface area contributed by atoms with E-state index < -0.39 is 0 Å². The fraction of sp³-hybridized carbons (Fsp3) is 0. The van der Waals surface area contributed by atoms with Crippen molar-refractivity contribution in [3.63, 3.8) is 0 Å². The van der Waals surface area contributed by atoms with E-state index in [0.29, 0.717) is 34.9 Å². The fourth-order valence-corrected chi connectivity index (χ4v) is 9.41. The molecule has 4 heterocycles. The van der Waals surface area contributed by atoms with Crippen LogP contribution in [0.15, 0.2) is 199 Å². The van der Waals surface area contributed by atoms with Gasteiger partial charge in [-0.25, -0.2) is 29.9 Å². The van der Waals surface area contributed by atoms with Crippen molar-refractivity contribution in [2.24, 2.45) is 0 Å². The van der Waals surface area contributed by atoms with Crippen molar-refractivity contribution in [2.45, 2.75) is 0 Å². The van der Waals surface area contributed by atoms with Crippen LogP contribution in [0.2, 0.25) is 0 Å². The minimum Gasteiger partial charge on any atom is -0.456 e. The third kappa shape index (κ3) is 6.29. The van der Waals surface area contributed by atoms with Gasteiger partial charge in [0, 0.05) is 64.3 Å². The predicted molar refractivity (Wildman–Crippen MR) is 251 cm³/mol. The Hall–Kier alpha value is -8.20. The quantitative estimate of drug-likeness (QED) is 0.158. The van der Waals surface area contributed by atoms with E-state index in [2.05, 4.69) is 72.8 Å². The monoisotopic (exact) mass is 812 g/mol. The second-order valence-electron chi connectivity index (χ2n) is 15.1. The number of fused-ring (bicyclic) bond motifs is 6. The van der Waals surface area contributed by atoms with Gasteiger partial charge in [-0.05, 0) is 35.4 Å². The van der Waals surface area contributed by atoms with Crippen LogP contribution < -0.4 is 0 Å². The number of thiophene rings is 1. The van der Waals surface area contributed by atoms with Crippen molar-refractivity contribution in [1.82, 2.24) is 29.9 Å². The largest absolute Gasteiger partial charge is 0.456 e. The minimum atomic E-state index is 0.592. The number of furan rings is 1.